The minimum absolute atomic E-state index is 0.153. The third-order valence-corrected chi connectivity index (χ3v) is 3.33. The molecule has 1 aromatic carbocycles. The first kappa shape index (κ1) is 13.2. The SMILES string of the molecule is CNC(=O)C1CN(C(=O)c2ccoc2)c2ccccc2O1. The lowest BCUT2D eigenvalue weighted by Gasteiger charge is -2.33. The monoisotopic (exact) mass is 286 g/mol. The van der Waals surface area contributed by atoms with Crippen LogP contribution in [0.25, 0.3) is 0 Å². The van der Waals surface area contributed by atoms with E-state index in [1.165, 1.54) is 24.5 Å². The maximum absolute atomic E-state index is 12.6. The van der Waals surface area contributed by atoms with Gasteiger partial charge in [0.1, 0.15) is 12.0 Å². The summed E-state index contributed by atoms with van der Waals surface area (Å²) >= 11 is 0. The van der Waals surface area contributed by atoms with E-state index in [1.54, 1.807) is 24.3 Å². The summed E-state index contributed by atoms with van der Waals surface area (Å²) in [4.78, 5) is 25.9. The van der Waals surface area contributed by atoms with Gasteiger partial charge < -0.3 is 19.4 Å². The van der Waals surface area contributed by atoms with Crippen LogP contribution in [0.1, 0.15) is 10.4 Å². The molecule has 0 aliphatic carbocycles. The molecule has 1 atom stereocenters. The van der Waals surface area contributed by atoms with Gasteiger partial charge in [0.2, 0.25) is 0 Å². The predicted molar refractivity (Wildman–Crippen MR) is 75.3 cm³/mol. The molecule has 21 heavy (non-hydrogen) atoms. The fourth-order valence-corrected chi connectivity index (χ4v) is 2.27. The van der Waals surface area contributed by atoms with Gasteiger partial charge in [-0.2, -0.15) is 0 Å². The maximum Gasteiger partial charge on any atom is 0.262 e. The largest absolute Gasteiger partial charge is 0.477 e. The molecule has 2 heterocycles. The number of fused-ring (bicyclic) bond motifs is 1. The zero-order valence-electron chi connectivity index (χ0n) is 11.4. The number of carbonyl (C=O) groups excluding carboxylic acids is 2. The van der Waals surface area contributed by atoms with Gasteiger partial charge in [0.15, 0.2) is 6.10 Å². The van der Waals surface area contributed by atoms with Gasteiger partial charge in [-0.1, -0.05) is 12.1 Å². The van der Waals surface area contributed by atoms with Crippen molar-refractivity contribution in [3.63, 3.8) is 0 Å². The standard InChI is InChI=1S/C15H14N2O4/c1-16-14(18)13-8-17(15(19)10-6-7-20-9-10)11-4-2-3-5-12(11)21-13/h2-7,9,13H,8H2,1H3,(H,16,18). The van der Waals surface area contributed by atoms with Crippen molar-refractivity contribution in [2.24, 2.45) is 0 Å². The summed E-state index contributed by atoms with van der Waals surface area (Å²) in [5.74, 6) is 0.0112. The Morgan fingerprint density at radius 1 is 1.29 bits per heavy atom. The van der Waals surface area contributed by atoms with Crippen LogP contribution >= 0.6 is 0 Å². The van der Waals surface area contributed by atoms with Crippen LogP contribution in [0.4, 0.5) is 5.69 Å². The van der Waals surface area contributed by atoms with Gasteiger partial charge in [0.25, 0.3) is 11.8 Å². The number of nitrogens with zero attached hydrogens (tertiary/aromatic N) is 1. The summed E-state index contributed by atoms with van der Waals surface area (Å²) in [6.07, 6.45) is 2.09. The van der Waals surface area contributed by atoms with Crippen LogP contribution in [0.15, 0.2) is 47.3 Å². The van der Waals surface area contributed by atoms with Gasteiger partial charge in [0.05, 0.1) is 24.1 Å². The van der Waals surface area contributed by atoms with E-state index in [0.717, 1.165) is 0 Å². The molecule has 0 spiro atoms. The van der Waals surface area contributed by atoms with Crippen LogP contribution in [0.3, 0.4) is 0 Å². The van der Waals surface area contributed by atoms with Crippen LogP contribution in [0, 0.1) is 0 Å². The summed E-state index contributed by atoms with van der Waals surface area (Å²) in [5.41, 5.74) is 1.08. The highest BCUT2D eigenvalue weighted by Crippen LogP contribution is 2.34. The molecule has 0 saturated heterocycles. The number of amides is 2. The van der Waals surface area contributed by atoms with Crippen LogP contribution in [0.2, 0.25) is 0 Å². The first-order valence-corrected chi connectivity index (χ1v) is 6.52. The zero-order chi connectivity index (χ0) is 14.8. The third-order valence-electron chi connectivity index (χ3n) is 3.33. The Hall–Kier alpha value is -2.76. The Morgan fingerprint density at radius 2 is 2.10 bits per heavy atom. The lowest BCUT2D eigenvalue weighted by molar-refractivity contribution is -0.127. The normalized spacial score (nSPS) is 16.8. The molecule has 1 unspecified atom stereocenters. The molecule has 1 N–H and O–H groups in total. The first-order chi connectivity index (χ1) is 10.2. The average molecular weight is 286 g/mol. The molecule has 6 heteroatoms. The van der Waals surface area contributed by atoms with Crippen molar-refractivity contribution in [1.82, 2.24) is 5.32 Å². The highest BCUT2D eigenvalue weighted by atomic mass is 16.5. The second-order valence-electron chi connectivity index (χ2n) is 4.62. The number of ether oxygens (including phenoxy) is 1. The van der Waals surface area contributed by atoms with E-state index in [0.29, 0.717) is 17.0 Å². The predicted octanol–water partition coefficient (Wildman–Crippen LogP) is 1.43. The summed E-state index contributed by atoms with van der Waals surface area (Å²) in [6, 6.07) is 8.73. The molecule has 1 aliphatic heterocycles. The second-order valence-corrected chi connectivity index (χ2v) is 4.62. The lowest BCUT2D eigenvalue weighted by Crippen LogP contribution is -2.50. The Bertz CT molecular complexity index is 666. The van der Waals surface area contributed by atoms with Crippen molar-refractivity contribution in [3.8, 4) is 5.75 Å². The Kier molecular flexibility index (Phi) is 3.35. The van der Waals surface area contributed by atoms with E-state index >= 15 is 0 Å². The fourth-order valence-electron chi connectivity index (χ4n) is 2.27. The first-order valence-electron chi connectivity index (χ1n) is 6.52. The van der Waals surface area contributed by atoms with Crippen LogP contribution in [0.5, 0.6) is 5.75 Å². The number of hydrogen-bond acceptors (Lipinski definition) is 4. The van der Waals surface area contributed by atoms with E-state index in [1.807, 2.05) is 6.07 Å². The molecule has 2 amide bonds. The van der Waals surface area contributed by atoms with Gasteiger partial charge in [0, 0.05) is 7.05 Å². The molecule has 0 radical (unpaired) electrons. The van der Waals surface area contributed by atoms with Gasteiger partial charge >= 0.3 is 0 Å². The van der Waals surface area contributed by atoms with Crippen molar-refractivity contribution in [3.05, 3.63) is 48.4 Å². The van der Waals surface area contributed by atoms with Crippen LogP contribution in [-0.4, -0.2) is 31.5 Å². The van der Waals surface area contributed by atoms with E-state index < -0.39 is 6.10 Å². The Labute approximate surface area is 121 Å². The molecule has 6 nitrogen and oxygen atoms in total. The average Bonchev–Trinajstić information content (AvgIpc) is 3.06. The van der Waals surface area contributed by atoms with Crippen molar-refractivity contribution in [2.45, 2.75) is 6.10 Å². The number of para-hydroxylation sites is 2. The van der Waals surface area contributed by atoms with Crippen LogP contribution < -0.4 is 15.0 Å². The third kappa shape index (κ3) is 2.35. The Balaban J connectivity index is 1.98. The molecule has 1 aliphatic rings. The summed E-state index contributed by atoms with van der Waals surface area (Å²) in [5, 5.41) is 2.54. The molecule has 2 aromatic rings. The number of furan rings is 1. The number of benzene rings is 1. The number of carbonyl (C=O) groups is 2. The quantitative estimate of drug-likeness (QED) is 0.906. The lowest BCUT2D eigenvalue weighted by atomic mass is 10.1. The summed E-state index contributed by atoms with van der Waals surface area (Å²) < 4.78 is 10.6. The molecule has 1 aromatic heterocycles. The topological polar surface area (TPSA) is 71.8 Å². The van der Waals surface area contributed by atoms with Crippen molar-refractivity contribution >= 4 is 17.5 Å². The van der Waals surface area contributed by atoms with Gasteiger partial charge in [-0.25, -0.2) is 0 Å². The zero-order valence-corrected chi connectivity index (χ0v) is 11.4. The van der Waals surface area contributed by atoms with Crippen molar-refractivity contribution < 1.29 is 18.7 Å². The molecule has 0 saturated carbocycles. The number of nitrogens with one attached hydrogen (secondary N) is 1. The van der Waals surface area contributed by atoms with Crippen molar-refractivity contribution in [2.75, 3.05) is 18.5 Å². The smallest absolute Gasteiger partial charge is 0.262 e. The van der Waals surface area contributed by atoms with E-state index in [-0.39, 0.29) is 18.4 Å². The van der Waals surface area contributed by atoms with E-state index in [2.05, 4.69) is 5.32 Å². The minimum atomic E-state index is -0.735. The molecule has 0 bridgehead atoms. The number of hydrogen-bond donors (Lipinski definition) is 1. The van der Waals surface area contributed by atoms with Gasteiger partial charge in [-0.05, 0) is 18.2 Å². The maximum atomic E-state index is 12.6. The number of rotatable bonds is 2. The summed E-state index contributed by atoms with van der Waals surface area (Å²) in [7, 11) is 1.54. The highest BCUT2D eigenvalue weighted by molar-refractivity contribution is 6.07. The highest BCUT2D eigenvalue weighted by Gasteiger charge is 2.33. The molecular formula is C15H14N2O4. The fraction of sp³-hybridized carbons (Fsp3) is 0.200. The molecular weight excluding hydrogens is 272 g/mol. The van der Waals surface area contributed by atoms with E-state index in [9.17, 15) is 9.59 Å². The number of anilines is 1. The van der Waals surface area contributed by atoms with Gasteiger partial charge in [-0.15, -0.1) is 0 Å². The Morgan fingerprint density at radius 3 is 2.81 bits per heavy atom. The molecule has 3 rings (SSSR count). The van der Waals surface area contributed by atoms with Crippen molar-refractivity contribution in [1.29, 1.82) is 0 Å². The number of likely N-dealkylation sites (N-methyl/N-ethyl adjacent to an activating group) is 1. The van der Waals surface area contributed by atoms with Crippen LogP contribution in [-0.2, 0) is 4.79 Å². The molecule has 108 valence electrons. The molecule has 0 fully saturated rings. The summed E-state index contributed by atoms with van der Waals surface area (Å²) in [6.45, 7) is 0.153. The second kappa shape index (κ2) is 5.32. The van der Waals surface area contributed by atoms with E-state index in [4.69, 9.17) is 9.15 Å². The minimum Gasteiger partial charge on any atom is -0.477 e. The van der Waals surface area contributed by atoms with Gasteiger partial charge in [-0.3, -0.25) is 9.59 Å².